The number of rotatable bonds is 8. The minimum Gasteiger partial charge on any atom is -0.491 e. The molecule has 39 heavy (non-hydrogen) atoms. The van der Waals surface area contributed by atoms with Crippen molar-refractivity contribution in [2.45, 2.75) is 58.2 Å². The van der Waals surface area contributed by atoms with E-state index in [0.29, 0.717) is 11.1 Å². The number of fused-ring (bicyclic) bond motifs is 1. The molecule has 1 unspecified atom stereocenters. The van der Waals surface area contributed by atoms with Crippen LogP contribution in [0.25, 0.3) is 5.76 Å². The second-order valence-corrected chi connectivity index (χ2v) is 11.6. The molecule has 1 aliphatic carbocycles. The van der Waals surface area contributed by atoms with E-state index < -0.39 is 50.9 Å². The van der Waals surface area contributed by atoms with E-state index in [1.165, 1.54) is 35.2 Å². The van der Waals surface area contributed by atoms with Crippen LogP contribution < -0.4 is 4.74 Å². The van der Waals surface area contributed by atoms with Gasteiger partial charge in [-0.25, -0.2) is 9.18 Å². The average Bonchev–Trinajstić information content (AvgIpc) is 2.81. The Kier molecular flexibility index (Phi) is 8.88. The van der Waals surface area contributed by atoms with Gasteiger partial charge in [0, 0.05) is 18.0 Å². The van der Waals surface area contributed by atoms with Crippen LogP contribution in [0.3, 0.4) is 0 Å². The molecule has 2 atom stereocenters. The van der Waals surface area contributed by atoms with E-state index in [1.54, 1.807) is 52.8 Å². The summed E-state index contributed by atoms with van der Waals surface area (Å²) in [6, 6.07) is 9.84. The van der Waals surface area contributed by atoms with Crippen LogP contribution in [0.5, 0.6) is 5.75 Å². The summed E-state index contributed by atoms with van der Waals surface area (Å²) in [6.07, 6.45) is 0.843. The fourth-order valence-corrected chi connectivity index (χ4v) is 4.61. The van der Waals surface area contributed by atoms with Crippen LogP contribution in [-0.2, 0) is 25.5 Å². The molecule has 0 saturated heterocycles. The first kappa shape index (κ1) is 30.3. The third-order valence-corrected chi connectivity index (χ3v) is 6.87. The lowest BCUT2D eigenvalue weighted by Crippen LogP contribution is -2.41. The summed E-state index contributed by atoms with van der Waals surface area (Å²) in [6.45, 7) is 8.61. The van der Waals surface area contributed by atoms with Crippen LogP contribution in [0, 0.1) is 11.7 Å². The zero-order valence-electron chi connectivity index (χ0n) is 22.2. The van der Waals surface area contributed by atoms with Crippen LogP contribution in [0.1, 0.15) is 57.4 Å². The van der Waals surface area contributed by atoms with Crippen LogP contribution in [-0.4, -0.2) is 43.7 Å². The van der Waals surface area contributed by atoms with E-state index in [1.807, 2.05) is 0 Å². The van der Waals surface area contributed by atoms with E-state index >= 15 is 0 Å². The summed E-state index contributed by atoms with van der Waals surface area (Å²) >= 11 is 0. The number of halogens is 4. The van der Waals surface area contributed by atoms with E-state index in [9.17, 15) is 30.8 Å². The molecule has 0 spiro atoms. The summed E-state index contributed by atoms with van der Waals surface area (Å²) in [4.78, 5) is 14.7. The van der Waals surface area contributed by atoms with Crippen molar-refractivity contribution in [3.63, 3.8) is 0 Å². The Labute approximate surface area is 225 Å². The van der Waals surface area contributed by atoms with Gasteiger partial charge >= 0.3 is 21.7 Å². The summed E-state index contributed by atoms with van der Waals surface area (Å²) in [5.74, 6) is -1.68. The van der Waals surface area contributed by atoms with Crippen molar-refractivity contribution >= 4 is 22.0 Å². The van der Waals surface area contributed by atoms with Gasteiger partial charge in [-0.15, -0.1) is 0 Å². The predicted molar refractivity (Wildman–Crippen MR) is 137 cm³/mol. The van der Waals surface area contributed by atoms with Gasteiger partial charge in [0.05, 0.1) is 12.6 Å². The van der Waals surface area contributed by atoms with Crippen molar-refractivity contribution in [3.8, 4) is 5.75 Å². The van der Waals surface area contributed by atoms with Crippen LogP contribution in [0.4, 0.5) is 22.4 Å². The highest BCUT2D eigenvalue weighted by atomic mass is 32.2. The molecule has 0 N–H and O–H groups in total. The largest absolute Gasteiger partial charge is 0.534 e. The number of nitrogens with zero attached hydrogens (tertiary/aromatic N) is 1. The highest BCUT2D eigenvalue weighted by molar-refractivity contribution is 7.87. The SMILES string of the molecule is CCOc1cc([C@@H](C)N(CC2C=C(OS(=O)(=O)C(F)(F)F)c3ccccc3C2)C(=O)OC(C)(C)C)ccc1F. The number of hydrogen-bond acceptors (Lipinski definition) is 6. The fraction of sp³-hybridized carbons (Fsp3) is 0.444. The average molecular weight is 574 g/mol. The first-order valence-corrected chi connectivity index (χ1v) is 13.7. The van der Waals surface area contributed by atoms with Crippen LogP contribution in [0.2, 0.25) is 0 Å². The van der Waals surface area contributed by atoms with Gasteiger partial charge < -0.3 is 18.6 Å². The molecular weight excluding hydrogens is 542 g/mol. The molecule has 1 aliphatic rings. The van der Waals surface area contributed by atoms with Crippen molar-refractivity contribution < 1.29 is 44.4 Å². The Bertz CT molecular complexity index is 1330. The lowest BCUT2D eigenvalue weighted by molar-refractivity contribution is -0.0509. The monoisotopic (exact) mass is 573 g/mol. The summed E-state index contributed by atoms with van der Waals surface area (Å²) < 4.78 is 92.6. The Morgan fingerprint density at radius 3 is 2.41 bits per heavy atom. The van der Waals surface area contributed by atoms with Gasteiger partial charge in [0.2, 0.25) is 0 Å². The van der Waals surface area contributed by atoms with E-state index in [2.05, 4.69) is 4.18 Å². The Balaban J connectivity index is 2.01. The van der Waals surface area contributed by atoms with Crippen molar-refractivity contribution in [2.24, 2.45) is 5.92 Å². The fourth-order valence-electron chi connectivity index (χ4n) is 4.13. The molecule has 12 heteroatoms. The van der Waals surface area contributed by atoms with E-state index in [-0.39, 0.29) is 30.9 Å². The molecule has 0 fully saturated rings. The van der Waals surface area contributed by atoms with Crippen molar-refractivity contribution in [1.82, 2.24) is 4.90 Å². The minimum atomic E-state index is -5.93. The van der Waals surface area contributed by atoms with Crippen molar-refractivity contribution in [1.29, 1.82) is 0 Å². The topological polar surface area (TPSA) is 82.1 Å². The third-order valence-electron chi connectivity index (χ3n) is 5.90. The first-order chi connectivity index (χ1) is 18.0. The molecule has 2 aromatic carbocycles. The third kappa shape index (κ3) is 7.43. The number of hydrogen-bond donors (Lipinski definition) is 0. The van der Waals surface area contributed by atoms with Gasteiger partial charge in [-0.3, -0.25) is 0 Å². The molecule has 0 radical (unpaired) electrons. The van der Waals surface area contributed by atoms with Gasteiger partial charge in [0.25, 0.3) is 0 Å². The van der Waals surface area contributed by atoms with Gasteiger partial charge in [0.1, 0.15) is 11.4 Å². The lowest BCUT2D eigenvalue weighted by atomic mass is 9.88. The quantitative estimate of drug-likeness (QED) is 0.201. The predicted octanol–water partition coefficient (Wildman–Crippen LogP) is 6.60. The number of amides is 1. The first-order valence-electron chi connectivity index (χ1n) is 12.2. The van der Waals surface area contributed by atoms with Gasteiger partial charge in [-0.2, -0.15) is 21.6 Å². The van der Waals surface area contributed by atoms with E-state index in [0.717, 1.165) is 0 Å². The van der Waals surface area contributed by atoms with Crippen molar-refractivity contribution in [3.05, 3.63) is 71.0 Å². The summed E-state index contributed by atoms with van der Waals surface area (Å²) in [7, 11) is -5.93. The number of benzene rings is 2. The van der Waals surface area contributed by atoms with Gasteiger partial charge in [-0.05, 0) is 70.4 Å². The minimum absolute atomic E-state index is 0.00511. The standard InChI is InChI=1S/C27H31F4NO6S/c1-6-36-24-15-19(11-12-22(24)28)17(2)32(25(33)37-26(3,4)5)16-18-13-20-9-7-8-10-21(20)23(14-18)38-39(34,35)27(29,30)31/h7-12,14-15,17-18H,6,13,16H2,1-5H3/t17-,18?/m1/s1. The van der Waals surface area contributed by atoms with Crippen molar-refractivity contribution in [2.75, 3.05) is 13.2 Å². The molecule has 7 nitrogen and oxygen atoms in total. The number of ether oxygens (including phenoxy) is 2. The highest BCUT2D eigenvalue weighted by Crippen LogP contribution is 2.37. The molecule has 0 aliphatic heterocycles. The second kappa shape index (κ2) is 11.4. The van der Waals surface area contributed by atoms with Gasteiger partial charge in [0.15, 0.2) is 11.6 Å². The molecule has 1 amide bonds. The normalized spacial score (nSPS) is 16.5. The molecule has 3 rings (SSSR count). The smallest absolute Gasteiger partial charge is 0.491 e. The summed E-state index contributed by atoms with van der Waals surface area (Å²) in [5, 5.41) is 0. The lowest BCUT2D eigenvalue weighted by Gasteiger charge is -2.35. The van der Waals surface area contributed by atoms with Crippen LogP contribution in [0.15, 0.2) is 48.5 Å². The molecule has 0 aromatic heterocycles. The maximum absolute atomic E-state index is 14.2. The number of carbonyl (C=O) groups is 1. The Hall–Kier alpha value is -3.28. The molecule has 0 saturated carbocycles. The number of alkyl halides is 3. The zero-order valence-corrected chi connectivity index (χ0v) is 23.0. The Morgan fingerprint density at radius 2 is 1.79 bits per heavy atom. The summed E-state index contributed by atoms with van der Waals surface area (Å²) in [5.41, 5.74) is -5.19. The van der Waals surface area contributed by atoms with E-state index in [4.69, 9.17) is 9.47 Å². The highest BCUT2D eigenvalue weighted by Gasteiger charge is 2.49. The number of carbonyl (C=O) groups excluding carboxylic acids is 1. The second-order valence-electron chi connectivity index (χ2n) is 10.1. The molecular formula is C27H31F4NO6S. The molecule has 0 bridgehead atoms. The molecule has 214 valence electrons. The maximum atomic E-state index is 14.2. The van der Waals surface area contributed by atoms with Gasteiger partial charge in [-0.1, -0.05) is 30.3 Å². The molecule has 0 heterocycles. The Morgan fingerprint density at radius 1 is 1.13 bits per heavy atom. The zero-order chi connectivity index (χ0) is 29.2. The molecule has 2 aromatic rings. The van der Waals surface area contributed by atoms with Crippen LogP contribution >= 0.6 is 0 Å². The maximum Gasteiger partial charge on any atom is 0.534 e.